The van der Waals surface area contributed by atoms with Gasteiger partial charge < -0.3 is 19.5 Å². The van der Waals surface area contributed by atoms with E-state index >= 15 is 0 Å². The van der Waals surface area contributed by atoms with Crippen molar-refractivity contribution < 1.29 is 33.6 Å². The molecule has 0 aromatic heterocycles. The number of hydrogen-bond acceptors (Lipinski definition) is 7. The van der Waals surface area contributed by atoms with Gasteiger partial charge in [0.05, 0.1) is 10.0 Å². The first-order valence-electron chi connectivity index (χ1n) is 14.5. The molecular weight excluding hydrogens is 581 g/mol. The molecule has 5 fully saturated rings. The Labute approximate surface area is 255 Å². The highest BCUT2D eigenvalue weighted by Crippen LogP contribution is 2.60. The van der Waals surface area contributed by atoms with Crippen molar-refractivity contribution in [1.82, 2.24) is 5.32 Å². The summed E-state index contributed by atoms with van der Waals surface area (Å²) in [5, 5.41) is 3.81. The van der Waals surface area contributed by atoms with Crippen LogP contribution in [0.4, 0.5) is 0 Å². The van der Waals surface area contributed by atoms with Crippen LogP contribution >= 0.6 is 23.2 Å². The normalized spacial score (nSPS) is 35.4. The summed E-state index contributed by atoms with van der Waals surface area (Å²) in [6.45, 7) is 6.03. The van der Waals surface area contributed by atoms with Gasteiger partial charge in [-0.2, -0.15) is 0 Å². The molecule has 2 aromatic carbocycles. The lowest BCUT2D eigenvalue weighted by atomic mass is 9.58. The highest BCUT2D eigenvalue weighted by atomic mass is 35.5. The molecule has 2 bridgehead atoms. The zero-order valence-corrected chi connectivity index (χ0v) is 25.3. The van der Waals surface area contributed by atoms with Gasteiger partial charge in [0.25, 0.3) is 5.91 Å². The fourth-order valence-electron chi connectivity index (χ4n) is 7.05. The molecule has 2 aromatic rings. The van der Waals surface area contributed by atoms with E-state index in [1.165, 1.54) is 6.08 Å². The van der Waals surface area contributed by atoms with E-state index in [9.17, 15) is 9.59 Å². The topological polar surface area (TPSA) is 92.3 Å². The summed E-state index contributed by atoms with van der Waals surface area (Å²) in [5.74, 6) is -0.108. The number of rotatable bonds is 7. The van der Waals surface area contributed by atoms with Gasteiger partial charge in [-0.15, -0.1) is 0 Å². The van der Waals surface area contributed by atoms with E-state index in [0.717, 1.165) is 25.7 Å². The highest BCUT2D eigenvalue weighted by molar-refractivity contribution is 6.42. The predicted octanol–water partition coefficient (Wildman–Crippen LogP) is 6.59. The summed E-state index contributed by atoms with van der Waals surface area (Å²) in [4.78, 5) is 37.6. The summed E-state index contributed by atoms with van der Waals surface area (Å²) < 4.78 is 18.5. The van der Waals surface area contributed by atoms with Crippen molar-refractivity contribution in [2.24, 2.45) is 23.7 Å². The number of hydrogen-bond donors (Lipinski definition) is 1. The molecule has 1 saturated carbocycles. The number of amides is 1. The number of carbonyl (C=O) groups is 2. The maximum atomic E-state index is 13.0. The van der Waals surface area contributed by atoms with Crippen LogP contribution in [-0.4, -0.2) is 42.2 Å². The minimum atomic E-state index is -0.874. The Morgan fingerprint density at radius 3 is 2.62 bits per heavy atom. The monoisotopic (exact) mass is 615 g/mol. The van der Waals surface area contributed by atoms with Gasteiger partial charge in [0, 0.05) is 23.8 Å². The average Bonchev–Trinajstić information content (AvgIpc) is 3.21. The molecule has 4 saturated heterocycles. The van der Waals surface area contributed by atoms with Gasteiger partial charge in [0.2, 0.25) is 5.79 Å². The number of halogens is 2. The van der Waals surface area contributed by atoms with Gasteiger partial charge in [0.15, 0.2) is 24.3 Å². The molecule has 0 unspecified atom stereocenters. The Hall–Kier alpha value is -2.46. The Bertz CT molecular complexity index is 1380. The summed E-state index contributed by atoms with van der Waals surface area (Å²) in [5.41, 5.74) is 0.442. The molecule has 42 heavy (non-hydrogen) atoms. The first-order valence-corrected chi connectivity index (χ1v) is 15.2. The molecule has 8 nitrogen and oxygen atoms in total. The minimum Gasteiger partial charge on any atom is -0.484 e. The maximum Gasteiger partial charge on any atom is 0.259 e. The largest absolute Gasteiger partial charge is 0.484 e. The van der Waals surface area contributed by atoms with Gasteiger partial charge in [-0.25, -0.2) is 9.78 Å². The van der Waals surface area contributed by atoms with E-state index in [-0.39, 0.29) is 36.1 Å². The van der Waals surface area contributed by atoms with Crippen LogP contribution in [0.3, 0.4) is 0 Å². The number of carbonyl (C=O) groups excluding carboxylic acids is 2. The SMILES string of the molecule is C[C@H]1[C@@H](NC(=O)COc2ccc(C(=O)/C=C/c3cccc(Cl)c3Cl)cc2)O[C@@H]2O[C@@]3(C)CC[C@H]4[C@H](C)CC[C@@H]1[C@@]24OO3. The lowest BCUT2D eigenvalue weighted by Gasteiger charge is -2.60. The Morgan fingerprint density at radius 1 is 1.05 bits per heavy atom. The van der Waals surface area contributed by atoms with Crippen LogP contribution in [0.25, 0.3) is 6.08 Å². The molecule has 4 aliphatic heterocycles. The minimum absolute atomic E-state index is 0.0185. The summed E-state index contributed by atoms with van der Waals surface area (Å²) in [6.07, 6.45) is 5.58. The van der Waals surface area contributed by atoms with Crippen LogP contribution in [-0.2, 0) is 24.0 Å². The van der Waals surface area contributed by atoms with Crippen LogP contribution in [0.5, 0.6) is 5.75 Å². The van der Waals surface area contributed by atoms with Crippen LogP contribution in [0.2, 0.25) is 10.0 Å². The fourth-order valence-corrected chi connectivity index (χ4v) is 7.42. The summed E-state index contributed by atoms with van der Waals surface area (Å²) >= 11 is 12.2. The van der Waals surface area contributed by atoms with Crippen molar-refractivity contribution in [1.29, 1.82) is 0 Å². The maximum absolute atomic E-state index is 13.0. The van der Waals surface area contributed by atoms with Gasteiger partial charge in [-0.1, -0.05) is 49.2 Å². The second-order valence-electron chi connectivity index (χ2n) is 12.0. The van der Waals surface area contributed by atoms with Crippen molar-refractivity contribution in [3.05, 3.63) is 69.7 Å². The Morgan fingerprint density at radius 2 is 1.83 bits per heavy atom. The second kappa shape index (κ2) is 11.6. The number of ether oxygens (including phenoxy) is 3. The third-order valence-corrected chi connectivity index (χ3v) is 10.2. The van der Waals surface area contributed by atoms with Gasteiger partial charge >= 0.3 is 0 Å². The highest BCUT2D eigenvalue weighted by Gasteiger charge is 2.69. The lowest BCUT2D eigenvalue weighted by Crippen LogP contribution is -2.72. The first-order chi connectivity index (χ1) is 20.1. The van der Waals surface area contributed by atoms with Crippen LogP contribution < -0.4 is 10.1 Å². The number of fused-ring (bicyclic) bond motifs is 2. The zero-order chi connectivity index (χ0) is 29.6. The van der Waals surface area contributed by atoms with E-state index < -0.39 is 23.9 Å². The standard InChI is InChI=1S/C32H35Cl2NO7/c1-18-7-13-24-19(2)29(39-30-32(24)23(18)15-16-31(3,40-30)41-42-32)35-27(37)17-38-22-11-8-20(9-12-22)26(36)14-10-21-5-4-6-25(33)28(21)34/h4-6,8-12,14,18-19,23-24,29-30H,7,13,15-17H2,1-3H3,(H,35,37)/b14-10+/t18-,19-,23+,24+,29+,30-,31-,32-/m1/s1. The molecule has 1 amide bonds. The number of allylic oxidation sites excluding steroid dienone is 1. The van der Waals surface area contributed by atoms with Gasteiger partial charge in [-0.3, -0.25) is 9.59 Å². The third kappa shape index (κ3) is 5.38. The number of nitrogens with one attached hydrogen (secondary N) is 1. The Balaban J connectivity index is 1.06. The van der Waals surface area contributed by atoms with Crippen molar-refractivity contribution >= 4 is 41.0 Å². The molecule has 10 heteroatoms. The molecule has 8 atom stereocenters. The molecule has 5 aliphatic rings. The summed E-state index contributed by atoms with van der Waals surface area (Å²) in [7, 11) is 0. The molecule has 0 radical (unpaired) electrons. The number of benzene rings is 2. The van der Waals surface area contributed by atoms with Crippen LogP contribution in [0.15, 0.2) is 48.5 Å². The molecule has 224 valence electrons. The van der Waals surface area contributed by atoms with E-state index in [2.05, 4.69) is 19.2 Å². The van der Waals surface area contributed by atoms with E-state index in [0.29, 0.717) is 32.8 Å². The third-order valence-electron chi connectivity index (χ3n) is 9.37. The zero-order valence-electron chi connectivity index (χ0n) is 23.8. The van der Waals surface area contributed by atoms with Crippen molar-refractivity contribution in [3.8, 4) is 5.75 Å². The van der Waals surface area contributed by atoms with Gasteiger partial charge in [-0.05, 0) is 86.1 Å². The van der Waals surface area contributed by atoms with Crippen molar-refractivity contribution in [2.75, 3.05) is 6.61 Å². The van der Waals surface area contributed by atoms with Crippen LogP contribution in [0, 0.1) is 23.7 Å². The quantitative estimate of drug-likeness (QED) is 0.213. The first kappa shape index (κ1) is 29.6. The van der Waals surface area contributed by atoms with Crippen molar-refractivity contribution in [3.63, 3.8) is 0 Å². The van der Waals surface area contributed by atoms with E-state index in [1.54, 1.807) is 48.5 Å². The van der Waals surface area contributed by atoms with E-state index in [4.69, 9.17) is 47.2 Å². The van der Waals surface area contributed by atoms with Crippen LogP contribution in [0.1, 0.15) is 62.4 Å². The second-order valence-corrected chi connectivity index (χ2v) is 12.8. The fraction of sp³-hybridized carbons (Fsp3) is 0.500. The van der Waals surface area contributed by atoms with E-state index in [1.807, 2.05) is 6.92 Å². The van der Waals surface area contributed by atoms with Gasteiger partial charge in [0.1, 0.15) is 12.0 Å². The average molecular weight is 617 g/mol. The van der Waals surface area contributed by atoms with Crippen molar-refractivity contribution in [2.45, 2.75) is 70.4 Å². The Kier molecular flexibility index (Phi) is 8.15. The molecule has 1 aliphatic carbocycles. The molecule has 7 rings (SSSR count). The smallest absolute Gasteiger partial charge is 0.259 e. The summed E-state index contributed by atoms with van der Waals surface area (Å²) in [6, 6.07) is 11.8. The molecule has 1 spiro atoms. The number of ketones is 1. The molecule has 4 heterocycles. The lowest BCUT2D eigenvalue weighted by molar-refractivity contribution is -0.571. The molecule has 1 N–H and O–H groups in total. The predicted molar refractivity (Wildman–Crippen MR) is 157 cm³/mol. The molecular formula is C32H35Cl2NO7.